The first-order valence-corrected chi connectivity index (χ1v) is 14.7. The predicted molar refractivity (Wildman–Crippen MR) is 151 cm³/mol. The van der Waals surface area contributed by atoms with E-state index in [1.807, 2.05) is 65.6 Å². The van der Waals surface area contributed by atoms with Crippen LogP contribution in [0.25, 0.3) is 0 Å². The van der Waals surface area contributed by atoms with Gasteiger partial charge in [0.25, 0.3) is 0 Å². The number of nitrogens with zero attached hydrogens (tertiary/aromatic N) is 2. The maximum absolute atomic E-state index is 13.6. The Labute approximate surface area is 228 Å². The highest BCUT2D eigenvalue weighted by Crippen LogP contribution is 2.27. The molecule has 196 valence electrons. The van der Waals surface area contributed by atoms with Gasteiger partial charge < -0.3 is 15.1 Å². The number of piperazine rings is 1. The van der Waals surface area contributed by atoms with E-state index in [9.17, 15) is 13.2 Å². The number of rotatable bonds is 9. The van der Waals surface area contributed by atoms with Crippen molar-refractivity contribution in [3.63, 3.8) is 0 Å². The molecule has 1 aliphatic heterocycles. The van der Waals surface area contributed by atoms with Gasteiger partial charge in [-0.25, -0.2) is 8.42 Å². The van der Waals surface area contributed by atoms with Crippen LogP contribution in [-0.2, 0) is 27.8 Å². The Morgan fingerprint density at radius 3 is 2.03 bits per heavy atom. The second-order valence-electron chi connectivity index (χ2n) is 9.09. The van der Waals surface area contributed by atoms with Gasteiger partial charge in [0.2, 0.25) is 15.9 Å². The molecule has 0 spiro atoms. The van der Waals surface area contributed by atoms with E-state index in [-0.39, 0.29) is 5.91 Å². The fourth-order valence-electron chi connectivity index (χ4n) is 4.37. The lowest BCUT2D eigenvalue weighted by Gasteiger charge is -2.38. The number of hydrogen-bond acceptors (Lipinski definition) is 5. The van der Waals surface area contributed by atoms with Crippen molar-refractivity contribution in [2.24, 2.45) is 0 Å². The summed E-state index contributed by atoms with van der Waals surface area (Å²) in [5.74, 6) is 0.0334. The molecule has 1 aliphatic rings. The van der Waals surface area contributed by atoms with E-state index in [4.69, 9.17) is 23.2 Å². The van der Waals surface area contributed by atoms with Crippen LogP contribution in [0.2, 0.25) is 10.0 Å². The highest BCUT2D eigenvalue weighted by Gasteiger charge is 2.28. The van der Waals surface area contributed by atoms with Crippen LogP contribution < -0.4 is 14.9 Å². The number of halogens is 2. The molecular formula is C27H30Cl2N4O3S. The van der Waals surface area contributed by atoms with Crippen molar-refractivity contribution in [1.29, 1.82) is 0 Å². The van der Waals surface area contributed by atoms with E-state index in [1.54, 1.807) is 12.1 Å². The van der Waals surface area contributed by atoms with Crippen molar-refractivity contribution < 1.29 is 13.2 Å². The van der Waals surface area contributed by atoms with Crippen molar-refractivity contribution in [3.8, 4) is 0 Å². The summed E-state index contributed by atoms with van der Waals surface area (Å²) in [5, 5.41) is 4.76. The predicted octanol–water partition coefficient (Wildman–Crippen LogP) is 4.41. The number of carbonyl (C=O) groups is 1. The highest BCUT2D eigenvalue weighted by molar-refractivity contribution is 7.92. The van der Waals surface area contributed by atoms with E-state index >= 15 is 0 Å². The lowest BCUT2D eigenvalue weighted by Crippen LogP contribution is -2.54. The van der Waals surface area contributed by atoms with Gasteiger partial charge in [0.1, 0.15) is 0 Å². The number of para-hydroxylation sites is 2. The molecule has 7 nitrogen and oxygen atoms in total. The quantitative estimate of drug-likeness (QED) is 0.405. The third-order valence-corrected chi connectivity index (χ3v) is 7.34. The molecule has 1 atom stereocenters. The van der Waals surface area contributed by atoms with Crippen molar-refractivity contribution in [2.45, 2.75) is 19.0 Å². The van der Waals surface area contributed by atoms with Crippen molar-refractivity contribution in [3.05, 3.63) is 94.0 Å². The zero-order chi connectivity index (χ0) is 26.4. The van der Waals surface area contributed by atoms with Crippen molar-refractivity contribution in [1.82, 2.24) is 10.2 Å². The smallest absolute Gasteiger partial charge is 0.240 e. The average molecular weight is 562 g/mol. The van der Waals surface area contributed by atoms with Crippen LogP contribution in [0.4, 0.5) is 11.4 Å². The summed E-state index contributed by atoms with van der Waals surface area (Å²) in [6.45, 7) is 2.79. The van der Waals surface area contributed by atoms with Gasteiger partial charge >= 0.3 is 0 Å². The number of carbonyl (C=O) groups excluding carboxylic acids is 1. The second-order valence-corrected chi connectivity index (χ2v) is 11.7. The molecule has 0 unspecified atom stereocenters. The summed E-state index contributed by atoms with van der Waals surface area (Å²) < 4.78 is 26.2. The summed E-state index contributed by atoms with van der Waals surface area (Å²) >= 11 is 12.1. The van der Waals surface area contributed by atoms with Gasteiger partial charge in [-0.1, -0.05) is 59.6 Å². The monoisotopic (exact) mass is 560 g/mol. The molecule has 2 N–H and O–H groups in total. The number of hydrogen-bond donors (Lipinski definition) is 2. The molecule has 3 aromatic carbocycles. The highest BCUT2D eigenvalue weighted by atomic mass is 35.5. The van der Waals surface area contributed by atoms with Crippen LogP contribution in [0.1, 0.15) is 11.1 Å². The molecule has 1 amide bonds. The van der Waals surface area contributed by atoms with Gasteiger partial charge in [-0.05, 0) is 53.9 Å². The van der Waals surface area contributed by atoms with Crippen LogP contribution in [-0.4, -0.2) is 57.7 Å². The first-order chi connectivity index (χ1) is 17.7. The Balaban J connectivity index is 1.44. The Morgan fingerprint density at radius 2 is 1.43 bits per heavy atom. The molecule has 10 heteroatoms. The minimum absolute atomic E-state index is 0.0334. The summed E-state index contributed by atoms with van der Waals surface area (Å²) in [6, 6.07) is 22.0. The van der Waals surface area contributed by atoms with Gasteiger partial charge in [-0.15, -0.1) is 0 Å². The largest absolute Gasteiger partial charge is 0.366 e. The standard InChI is InChI=1S/C27H30Cl2N4O3S/c1-37(35,36)31-24-4-2-3-5-26(24)32-14-16-33(17-15-32)27(34)25(18-20-6-10-22(28)11-7-20)30-19-21-8-12-23(29)13-9-21/h2-13,25,30-31H,14-19H2,1H3/t25-/m1/s1. The molecule has 0 radical (unpaired) electrons. The third-order valence-electron chi connectivity index (χ3n) is 6.25. The molecular weight excluding hydrogens is 531 g/mol. The molecule has 0 aliphatic carbocycles. The molecule has 37 heavy (non-hydrogen) atoms. The van der Waals surface area contributed by atoms with Gasteiger partial charge in [0, 0.05) is 42.8 Å². The molecule has 1 fully saturated rings. The van der Waals surface area contributed by atoms with Crippen molar-refractivity contribution in [2.75, 3.05) is 42.1 Å². The number of anilines is 2. The van der Waals surface area contributed by atoms with E-state index in [1.165, 1.54) is 0 Å². The third kappa shape index (κ3) is 7.85. The van der Waals surface area contributed by atoms with Crippen LogP contribution in [0.5, 0.6) is 0 Å². The van der Waals surface area contributed by atoms with Gasteiger partial charge in [-0.2, -0.15) is 0 Å². The zero-order valence-electron chi connectivity index (χ0n) is 20.5. The molecule has 0 aromatic heterocycles. The van der Waals surface area contributed by atoms with Gasteiger partial charge in [-0.3, -0.25) is 9.52 Å². The summed E-state index contributed by atoms with van der Waals surface area (Å²) in [6.07, 6.45) is 1.67. The van der Waals surface area contributed by atoms with Crippen LogP contribution in [0, 0.1) is 0 Å². The Hall–Kier alpha value is -2.78. The lowest BCUT2D eigenvalue weighted by atomic mass is 10.0. The normalized spacial score (nSPS) is 14.9. The maximum Gasteiger partial charge on any atom is 0.240 e. The first-order valence-electron chi connectivity index (χ1n) is 12.0. The maximum atomic E-state index is 13.6. The second kappa shape index (κ2) is 12.2. The number of nitrogens with one attached hydrogen (secondary N) is 2. The van der Waals surface area contributed by atoms with E-state index in [0.717, 1.165) is 23.1 Å². The molecule has 0 saturated carbocycles. The van der Waals surface area contributed by atoms with Gasteiger partial charge in [0.15, 0.2) is 0 Å². The molecule has 1 saturated heterocycles. The molecule has 4 rings (SSSR count). The topological polar surface area (TPSA) is 81.8 Å². The number of amides is 1. The summed E-state index contributed by atoms with van der Waals surface area (Å²) in [7, 11) is -3.40. The molecule has 3 aromatic rings. The molecule has 1 heterocycles. The van der Waals surface area contributed by atoms with Crippen molar-refractivity contribution >= 4 is 50.5 Å². The van der Waals surface area contributed by atoms with Crippen LogP contribution in [0.3, 0.4) is 0 Å². The van der Waals surface area contributed by atoms with Gasteiger partial charge in [0.05, 0.1) is 23.7 Å². The number of sulfonamides is 1. The number of benzene rings is 3. The van der Waals surface area contributed by atoms with E-state index < -0.39 is 16.1 Å². The van der Waals surface area contributed by atoms with Crippen LogP contribution >= 0.6 is 23.2 Å². The summed E-state index contributed by atoms with van der Waals surface area (Å²) in [5.41, 5.74) is 3.40. The molecule has 0 bridgehead atoms. The summed E-state index contributed by atoms with van der Waals surface area (Å²) in [4.78, 5) is 17.6. The van der Waals surface area contributed by atoms with E-state index in [2.05, 4.69) is 14.9 Å². The Kier molecular flexibility index (Phi) is 8.97. The van der Waals surface area contributed by atoms with E-state index in [0.29, 0.717) is 54.9 Å². The fraction of sp³-hybridized carbons (Fsp3) is 0.296. The van der Waals surface area contributed by atoms with Crippen LogP contribution in [0.15, 0.2) is 72.8 Å². The Bertz CT molecular complexity index is 1310. The lowest BCUT2D eigenvalue weighted by molar-refractivity contribution is -0.133. The average Bonchev–Trinajstić information content (AvgIpc) is 2.88. The fourth-order valence-corrected chi connectivity index (χ4v) is 5.19. The minimum Gasteiger partial charge on any atom is -0.366 e. The first kappa shape index (κ1) is 27.3. The SMILES string of the molecule is CS(=O)(=O)Nc1ccccc1N1CCN(C(=O)[C@@H](Cc2ccc(Cl)cc2)NCc2ccc(Cl)cc2)CC1. The minimum atomic E-state index is -3.40. The Morgan fingerprint density at radius 1 is 0.865 bits per heavy atom. The zero-order valence-corrected chi connectivity index (χ0v) is 22.9.